The van der Waals surface area contributed by atoms with Crippen molar-refractivity contribution in [2.75, 3.05) is 10.6 Å². The molecule has 0 heterocycles. The van der Waals surface area contributed by atoms with Crippen LogP contribution in [-0.2, 0) is 9.59 Å². The zero-order chi connectivity index (χ0) is 28.3. The highest BCUT2D eigenvalue weighted by Crippen LogP contribution is 2.29. The Kier molecular flexibility index (Phi) is 9.91. The first-order valence-corrected chi connectivity index (χ1v) is 13.9. The fraction of sp³-hybridized carbons (Fsp3) is 0.121. The van der Waals surface area contributed by atoms with Crippen molar-refractivity contribution in [3.05, 3.63) is 132 Å². The van der Waals surface area contributed by atoms with Crippen LogP contribution < -0.4 is 16.0 Å². The molecule has 7 heteroatoms. The molecule has 0 fully saturated rings. The van der Waals surface area contributed by atoms with Crippen molar-refractivity contribution >= 4 is 46.9 Å². The molecule has 0 aliphatic heterocycles. The number of para-hydroxylation sites is 1. The van der Waals surface area contributed by atoms with E-state index in [4.69, 9.17) is 0 Å². The minimum atomic E-state index is -0.457. The van der Waals surface area contributed by atoms with Gasteiger partial charge < -0.3 is 16.0 Å². The second-order valence-electron chi connectivity index (χ2n) is 9.14. The molecule has 0 aromatic heterocycles. The van der Waals surface area contributed by atoms with Gasteiger partial charge in [-0.15, -0.1) is 11.8 Å². The number of carbonyl (C=O) groups is 3. The summed E-state index contributed by atoms with van der Waals surface area (Å²) in [6, 6.07) is 33.1. The maximum absolute atomic E-state index is 13.4. The van der Waals surface area contributed by atoms with Crippen molar-refractivity contribution in [1.82, 2.24) is 5.32 Å². The van der Waals surface area contributed by atoms with E-state index in [1.165, 1.54) is 11.8 Å². The molecule has 202 valence electrons. The molecule has 0 spiro atoms. The Hall–Kier alpha value is -4.62. The lowest BCUT2D eigenvalue weighted by atomic mass is 10.1. The highest BCUT2D eigenvalue weighted by Gasteiger charge is 2.19. The third kappa shape index (κ3) is 8.19. The average molecular weight is 550 g/mol. The van der Waals surface area contributed by atoms with Gasteiger partial charge in [0.1, 0.15) is 5.70 Å². The SMILES string of the molecule is CCC(Sc1cccc(NC(=O)/C(=C\c2cccc(C)c2)NC(=O)c2ccccc2)c1)C(=O)Nc1ccccc1. The summed E-state index contributed by atoms with van der Waals surface area (Å²) >= 11 is 1.43. The molecule has 0 bridgehead atoms. The van der Waals surface area contributed by atoms with Crippen molar-refractivity contribution in [3.8, 4) is 0 Å². The van der Waals surface area contributed by atoms with Gasteiger partial charge in [0.2, 0.25) is 5.91 Å². The van der Waals surface area contributed by atoms with E-state index in [2.05, 4.69) is 16.0 Å². The van der Waals surface area contributed by atoms with Gasteiger partial charge in [-0.3, -0.25) is 14.4 Å². The largest absolute Gasteiger partial charge is 0.325 e. The smallest absolute Gasteiger partial charge is 0.272 e. The quantitative estimate of drug-likeness (QED) is 0.148. The van der Waals surface area contributed by atoms with E-state index in [0.717, 1.165) is 21.7 Å². The summed E-state index contributed by atoms with van der Waals surface area (Å²) in [7, 11) is 0. The van der Waals surface area contributed by atoms with Crippen LogP contribution >= 0.6 is 11.8 Å². The predicted octanol–water partition coefficient (Wildman–Crippen LogP) is 6.91. The van der Waals surface area contributed by atoms with Crippen LogP contribution in [0.2, 0.25) is 0 Å². The first-order chi connectivity index (χ1) is 19.4. The molecular weight excluding hydrogens is 518 g/mol. The maximum Gasteiger partial charge on any atom is 0.272 e. The number of amides is 3. The summed E-state index contributed by atoms with van der Waals surface area (Å²) in [5.74, 6) is -0.920. The van der Waals surface area contributed by atoms with Gasteiger partial charge in [-0.25, -0.2) is 0 Å². The maximum atomic E-state index is 13.4. The lowest BCUT2D eigenvalue weighted by molar-refractivity contribution is -0.116. The fourth-order valence-electron chi connectivity index (χ4n) is 3.95. The third-order valence-electron chi connectivity index (χ3n) is 5.96. The number of carbonyl (C=O) groups excluding carboxylic acids is 3. The Morgan fingerprint density at radius 3 is 2.15 bits per heavy atom. The second kappa shape index (κ2) is 14.0. The molecule has 4 rings (SSSR count). The standard InChI is InChI=1S/C33H31N3O3S/c1-3-30(33(39)34-26-16-8-5-9-17-26)40-28-19-11-18-27(22-28)35-32(38)29(21-24-13-10-12-23(2)20-24)36-31(37)25-14-6-4-7-15-25/h4-22,30H,3H2,1-2H3,(H,34,39)(H,35,38)(H,36,37)/b29-21+. The van der Waals surface area contributed by atoms with Crippen molar-refractivity contribution < 1.29 is 14.4 Å². The van der Waals surface area contributed by atoms with Crippen LogP contribution in [0.25, 0.3) is 6.08 Å². The number of thioether (sulfide) groups is 1. The van der Waals surface area contributed by atoms with Crippen molar-refractivity contribution in [3.63, 3.8) is 0 Å². The topological polar surface area (TPSA) is 87.3 Å². The van der Waals surface area contributed by atoms with Crippen molar-refractivity contribution in [2.45, 2.75) is 30.4 Å². The van der Waals surface area contributed by atoms with Gasteiger partial charge in [-0.2, -0.15) is 0 Å². The Balaban J connectivity index is 1.50. The van der Waals surface area contributed by atoms with Gasteiger partial charge in [-0.1, -0.05) is 79.2 Å². The number of aryl methyl sites for hydroxylation is 1. The molecule has 0 aliphatic carbocycles. The molecule has 0 aliphatic rings. The van der Waals surface area contributed by atoms with Gasteiger partial charge in [0, 0.05) is 21.8 Å². The van der Waals surface area contributed by atoms with Crippen LogP contribution in [0.5, 0.6) is 0 Å². The van der Waals surface area contributed by atoms with Gasteiger partial charge >= 0.3 is 0 Å². The van der Waals surface area contributed by atoms with Crippen LogP contribution in [-0.4, -0.2) is 23.0 Å². The van der Waals surface area contributed by atoms with E-state index in [1.807, 2.05) is 92.7 Å². The molecule has 3 amide bonds. The summed E-state index contributed by atoms with van der Waals surface area (Å²) in [6.07, 6.45) is 2.29. The predicted molar refractivity (Wildman–Crippen MR) is 163 cm³/mol. The Morgan fingerprint density at radius 1 is 0.775 bits per heavy atom. The lowest BCUT2D eigenvalue weighted by Gasteiger charge is -2.16. The molecule has 4 aromatic rings. The molecule has 1 atom stereocenters. The lowest BCUT2D eigenvalue weighted by Crippen LogP contribution is -2.30. The Morgan fingerprint density at radius 2 is 1.45 bits per heavy atom. The minimum Gasteiger partial charge on any atom is -0.325 e. The Bertz CT molecular complexity index is 1500. The van der Waals surface area contributed by atoms with Crippen LogP contribution in [0, 0.1) is 6.92 Å². The second-order valence-corrected chi connectivity index (χ2v) is 10.4. The molecular formula is C33H31N3O3S. The molecule has 4 aromatic carbocycles. The van der Waals surface area contributed by atoms with Gasteiger partial charge in [-0.05, 0) is 67.4 Å². The molecule has 0 radical (unpaired) electrons. The number of benzene rings is 4. The number of rotatable bonds is 10. The first kappa shape index (κ1) is 28.4. The number of nitrogens with one attached hydrogen (secondary N) is 3. The van der Waals surface area contributed by atoms with Gasteiger partial charge in [0.15, 0.2) is 0 Å². The van der Waals surface area contributed by atoms with E-state index in [0.29, 0.717) is 17.7 Å². The highest BCUT2D eigenvalue weighted by atomic mass is 32.2. The molecule has 1 unspecified atom stereocenters. The van der Waals surface area contributed by atoms with Crippen molar-refractivity contribution in [1.29, 1.82) is 0 Å². The van der Waals surface area contributed by atoms with Crippen molar-refractivity contribution in [2.24, 2.45) is 0 Å². The van der Waals surface area contributed by atoms with Gasteiger partial charge in [0.25, 0.3) is 11.8 Å². The first-order valence-electron chi connectivity index (χ1n) is 13.0. The normalized spacial score (nSPS) is 11.8. The van der Waals surface area contributed by atoms with E-state index in [9.17, 15) is 14.4 Å². The van der Waals surface area contributed by atoms with Gasteiger partial charge in [0.05, 0.1) is 5.25 Å². The Labute approximate surface area is 238 Å². The van der Waals surface area contributed by atoms with Crippen LogP contribution in [0.3, 0.4) is 0 Å². The van der Waals surface area contributed by atoms with E-state index >= 15 is 0 Å². The number of anilines is 2. The fourth-order valence-corrected chi connectivity index (χ4v) is 4.96. The summed E-state index contributed by atoms with van der Waals surface area (Å²) in [6.45, 7) is 3.93. The highest BCUT2D eigenvalue weighted by molar-refractivity contribution is 8.00. The molecule has 0 saturated carbocycles. The summed E-state index contributed by atoms with van der Waals surface area (Å²) in [5, 5.41) is 8.31. The summed E-state index contributed by atoms with van der Waals surface area (Å²) in [5.41, 5.74) is 3.69. The zero-order valence-corrected chi connectivity index (χ0v) is 23.2. The average Bonchev–Trinajstić information content (AvgIpc) is 2.96. The van der Waals surface area contributed by atoms with Crippen LogP contribution in [0.4, 0.5) is 11.4 Å². The summed E-state index contributed by atoms with van der Waals surface area (Å²) in [4.78, 5) is 40.0. The summed E-state index contributed by atoms with van der Waals surface area (Å²) < 4.78 is 0. The van der Waals surface area contributed by atoms with Crippen LogP contribution in [0.15, 0.2) is 120 Å². The number of hydrogen-bond donors (Lipinski definition) is 3. The molecule has 40 heavy (non-hydrogen) atoms. The number of hydrogen-bond acceptors (Lipinski definition) is 4. The molecule has 6 nitrogen and oxygen atoms in total. The third-order valence-corrected chi connectivity index (χ3v) is 7.31. The van der Waals surface area contributed by atoms with E-state index in [-0.39, 0.29) is 22.8 Å². The minimum absolute atomic E-state index is 0.0832. The zero-order valence-electron chi connectivity index (χ0n) is 22.4. The molecule has 3 N–H and O–H groups in total. The van der Waals surface area contributed by atoms with E-state index in [1.54, 1.807) is 36.4 Å². The monoisotopic (exact) mass is 549 g/mol. The van der Waals surface area contributed by atoms with Crippen LogP contribution in [0.1, 0.15) is 34.8 Å². The molecule has 0 saturated heterocycles. The van der Waals surface area contributed by atoms with E-state index < -0.39 is 5.91 Å².